The molecule has 0 saturated carbocycles. The van der Waals surface area contributed by atoms with Gasteiger partial charge in [0.25, 0.3) is 0 Å². The van der Waals surface area contributed by atoms with Crippen LogP contribution in [0.15, 0.2) is 158 Å². The van der Waals surface area contributed by atoms with Gasteiger partial charge in [-0.15, -0.1) is 0 Å². The first-order valence-corrected chi connectivity index (χ1v) is 15.0. The largest absolute Gasteiger partial charge is 0.310 e. The molecule has 0 radical (unpaired) electrons. The molecule has 0 aromatic heterocycles. The molecule has 0 N–H and O–H groups in total. The SMILES string of the molecule is CC(C)(C)c1cccc(N(c2cccc(-c3ccccc3)c2)c2cccc3cccc(-c4ccc5ccccc5c4)c23)c1. The zero-order valence-corrected chi connectivity index (χ0v) is 25.0. The summed E-state index contributed by atoms with van der Waals surface area (Å²) >= 11 is 0. The fourth-order valence-corrected chi connectivity index (χ4v) is 6.10. The van der Waals surface area contributed by atoms with Crippen molar-refractivity contribution in [3.63, 3.8) is 0 Å². The molecule has 208 valence electrons. The maximum absolute atomic E-state index is 2.44. The highest BCUT2D eigenvalue weighted by Gasteiger charge is 2.21. The minimum atomic E-state index is 0.0303. The van der Waals surface area contributed by atoms with Gasteiger partial charge in [0.2, 0.25) is 0 Å². The molecule has 0 unspecified atom stereocenters. The molecule has 7 aromatic carbocycles. The summed E-state index contributed by atoms with van der Waals surface area (Å²) in [6.07, 6.45) is 0. The van der Waals surface area contributed by atoms with Crippen molar-refractivity contribution in [2.75, 3.05) is 4.90 Å². The van der Waals surface area contributed by atoms with E-state index in [9.17, 15) is 0 Å². The number of hydrogen-bond acceptors (Lipinski definition) is 1. The fourth-order valence-electron chi connectivity index (χ4n) is 6.10. The van der Waals surface area contributed by atoms with Gasteiger partial charge in [-0.05, 0) is 85.8 Å². The van der Waals surface area contributed by atoms with E-state index in [-0.39, 0.29) is 5.41 Å². The van der Waals surface area contributed by atoms with E-state index in [0.29, 0.717) is 0 Å². The number of nitrogens with zero attached hydrogens (tertiary/aromatic N) is 1. The van der Waals surface area contributed by atoms with Gasteiger partial charge in [0.15, 0.2) is 0 Å². The Morgan fingerprint density at radius 1 is 0.419 bits per heavy atom. The highest BCUT2D eigenvalue weighted by atomic mass is 15.1. The van der Waals surface area contributed by atoms with Crippen LogP contribution < -0.4 is 4.90 Å². The average molecular weight is 554 g/mol. The molecule has 0 spiro atoms. The van der Waals surface area contributed by atoms with Crippen LogP contribution in [0.5, 0.6) is 0 Å². The van der Waals surface area contributed by atoms with Crippen molar-refractivity contribution in [1.82, 2.24) is 0 Å². The first-order chi connectivity index (χ1) is 21.0. The summed E-state index contributed by atoms with van der Waals surface area (Å²) in [5.41, 5.74) is 9.65. The van der Waals surface area contributed by atoms with Crippen LogP contribution in [-0.2, 0) is 5.41 Å². The molecule has 0 fully saturated rings. The highest BCUT2D eigenvalue weighted by molar-refractivity contribution is 6.08. The Bertz CT molecular complexity index is 2060. The lowest BCUT2D eigenvalue weighted by Crippen LogP contribution is -2.14. The third kappa shape index (κ3) is 5.19. The van der Waals surface area contributed by atoms with Crippen LogP contribution in [0.25, 0.3) is 43.8 Å². The number of anilines is 3. The number of hydrogen-bond donors (Lipinski definition) is 0. The molecular formula is C42H35N. The molecule has 7 rings (SSSR count). The van der Waals surface area contributed by atoms with Crippen molar-refractivity contribution in [1.29, 1.82) is 0 Å². The summed E-state index contributed by atoms with van der Waals surface area (Å²) in [6.45, 7) is 6.84. The van der Waals surface area contributed by atoms with E-state index in [0.717, 1.165) is 17.1 Å². The van der Waals surface area contributed by atoms with Crippen LogP contribution in [0.4, 0.5) is 17.1 Å². The normalized spacial score (nSPS) is 11.6. The summed E-state index contributed by atoms with van der Waals surface area (Å²) in [5, 5.41) is 4.97. The molecule has 1 nitrogen and oxygen atoms in total. The average Bonchev–Trinajstić information content (AvgIpc) is 3.05. The van der Waals surface area contributed by atoms with Gasteiger partial charge in [-0.2, -0.15) is 0 Å². The van der Waals surface area contributed by atoms with Crippen molar-refractivity contribution in [2.45, 2.75) is 26.2 Å². The van der Waals surface area contributed by atoms with Gasteiger partial charge < -0.3 is 4.90 Å². The van der Waals surface area contributed by atoms with E-state index in [1.165, 1.54) is 49.4 Å². The Morgan fingerprint density at radius 3 is 1.84 bits per heavy atom. The minimum Gasteiger partial charge on any atom is -0.310 e. The lowest BCUT2D eigenvalue weighted by molar-refractivity contribution is 0.590. The van der Waals surface area contributed by atoms with Crippen LogP contribution >= 0.6 is 0 Å². The topological polar surface area (TPSA) is 3.24 Å². The van der Waals surface area contributed by atoms with Crippen LogP contribution in [0, 0.1) is 0 Å². The van der Waals surface area contributed by atoms with Crippen LogP contribution in [0.3, 0.4) is 0 Å². The van der Waals surface area contributed by atoms with Crippen molar-refractivity contribution >= 4 is 38.6 Å². The second-order valence-electron chi connectivity index (χ2n) is 12.3. The van der Waals surface area contributed by atoms with Gasteiger partial charge in [-0.1, -0.05) is 142 Å². The molecule has 7 aromatic rings. The number of benzene rings is 7. The van der Waals surface area contributed by atoms with Crippen LogP contribution in [-0.4, -0.2) is 0 Å². The Kier molecular flexibility index (Phi) is 6.80. The molecular weight excluding hydrogens is 518 g/mol. The minimum absolute atomic E-state index is 0.0303. The smallest absolute Gasteiger partial charge is 0.0546 e. The molecule has 0 aliphatic rings. The van der Waals surface area contributed by atoms with Crippen molar-refractivity contribution < 1.29 is 0 Å². The highest BCUT2D eigenvalue weighted by Crippen LogP contribution is 2.44. The predicted molar refractivity (Wildman–Crippen MR) is 186 cm³/mol. The first kappa shape index (κ1) is 26.7. The molecule has 0 saturated heterocycles. The van der Waals surface area contributed by atoms with Gasteiger partial charge in [-0.3, -0.25) is 0 Å². The van der Waals surface area contributed by atoms with E-state index in [2.05, 4.69) is 183 Å². The maximum atomic E-state index is 2.44. The second-order valence-corrected chi connectivity index (χ2v) is 12.3. The Labute approximate surface area is 254 Å². The fraction of sp³-hybridized carbons (Fsp3) is 0.0952. The monoisotopic (exact) mass is 553 g/mol. The quantitative estimate of drug-likeness (QED) is 0.205. The summed E-state index contributed by atoms with van der Waals surface area (Å²) in [7, 11) is 0. The van der Waals surface area contributed by atoms with E-state index >= 15 is 0 Å². The molecule has 1 heteroatoms. The lowest BCUT2D eigenvalue weighted by atomic mass is 9.86. The predicted octanol–water partition coefficient (Wildman–Crippen LogP) is 12.1. The molecule has 0 heterocycles. The molecule has 0 bridgehead atoms. The Morgan fingerprint density at radius 2 is 1.05 bits per heavy atom. The van der Waals surface area contributed by atoms with Crippen molar-refractivity contribution in [2.24, 2.45) is 0 Å². The van der Waals surface area contributed by atoms with E-state index in [1.807, 2.05) is 0 Å². The molecule has 0 atom stereocenters. The van der Waals surface area contributed by atoms with Crippen molar-refractivity contribution in [3.8, 4) is 22.3 Å². The molecule has 0 aliphatic heterocycles. The summed E-state index contributed by atoms with van der Waals surface area (Å²) in [6, 6.07) is 57.4. The van der Waals surface area contributed by atoms with Gasteiger partial charge >= 0.3 is 0 Å². The second kappa shape index (κ2) is 10.9. The zero-order valence-electron chi connectivity index (χ0n) is 25.0. The van der Waals surface area contributed by atoms with Gasteiger partial charge in [0.1, 0.15) is 0 Å². The van der Waals surface area contributed by atoms with E-state index in [4.69, 9.17) is 0 Å². The summed E-state index contributed by atoms with van der Waals surface area (Å²) in [4.78, 5) is 2.44. The third-order valence-corrected chi connectivity index (χ3v) is 8.37. The lowest BCUT2D eigenvalue weighted by Gasteiger charge is -2.30. The van der Waals surface area contributed by atoms with E-state index < -0.39 is 0 Å². The summed E-state index contributed by atoms with van der Waals surface area (Å²) < 4.78 is 0. The first-order valence-electron chi connectivity index (χ1n) is 15.0. The maximum Gasteiger partial charge on any atom is 0.0546 e. The zero-order chi connectivity index (χ0) is 29.4. The molecule has 0 aliphatic carbocycles. The number of fused-ring (bicyclic) bond motifs is 2. The van der Waals surface area contributed by atoms with Gasteiger partial charge in [0.05, 0.1) is 5.69 Å². The van der Waals surface area contributed by atoms with Crippen molar-refractivity contribution in [3.05, 3.63) is 163 Å². The van der Waals surface area contributed by atoms with E-state index in [1.54, 1.807) is 0 Å². The standard InChI is InChI=1S/C42H35N/c1-42(2,3)36-20-12-22-38(29-36)43(37-21-9-19-34(28-37)30-13-5-4-6-14-30)40-24-11-18-32-17-10-23-39(41(32)40)35-26-25-31-15-7-8-16-33(31)27-35/h4-29H,1-3H3. The Balaban J connectivity index is 1.50. The van der Waals surface area contributed by atoms with Gasteiger partial charge in [0, 0.05) is 16.8 Å². The summed E-state index contributed by atoms with van der Waals surface area (Å²) in [5.74, 6) is 0. The van der Waals surface area contributed by atoms with Gasteiger partial charge in [-0.25, -0.2) is 0 Å². The third-order valence-electron chi connectivity index (χ3n) is 8.37. The Hall–Kier alpha value is -5.14. The molecule has 43 heavy (non-hydrogen) atoms. The van der Waals surface area contributed by atoms with Crippen LogP contribution in [0.1, 0.15) is 26.3 Å². The molecule has 0 amide bonds. The number of rotatable bonds is 5. The van der Waals surface area contributed by atoms with Crippen LogP contribution in [0.2, 0.25) is 0 Å².